The van der Waals surface area contributed by atoms with Gasteiger partial charge in [-0.15, -0.1) is 0 Å². The zero-order valence-corrected chi connectivity index (χ0v) is 16.2. The van der Waals surface area contributed by atoms with E-state index in [1.807, 2.05) is 6.07 Å². The molecule has 0 saturated carbocycles. The Kier molecular flexibility index (Phi) is 6.11. The van der Waals surface area contributed by atoms with Gasteiger partial charge in [0.25, 0.3) is 5.91 Å². The molecule has 0 bridgehead atoms. The summed E-state index contributed by atoms with van der Waals surface area (Å²) in [5.41, 5.74) is 3.38. The highest BCUT2D eigenvalue weighted by Gasteiger charge is 2.11. The zero-order chi connectivity index (χ0) is 19.9. The molecule has 3 rings (SSSR count). The van der Waals surface area contributed by atoms with Gasteiger partial charge in [0.1, 0.15) is 17.3 Å². The van der Waals surface area contributed by atoms with E-state index >= 15 is 0 Å². The Morgan fingerprint density at radius 2 is 1.89 bits per heavy atom. The molecule has 0 saturated heterocycles. The van der Waals surface area contributed by atoms with Gasteiger partial charge >= 0.3 is 0 Å². The molecule has 0 atom stereocenters. The molecule has 0 spiro atoms. The summed E-state index contributed by atoms with van der Waals surface area (Å²) < 4.78 is 10.5. The SMILES string of the molecule is COc1ccc(OC)c(NC(=O)c2ccc(NCc3cccc(C)c3)nc2)c1. The monoisotopic (exact) mass is 377 g/mol. The Balaban J connectivity index is 1.65. The molecule has 0 aliphatic heterocycles. The van der Waals surface area contributed by atoms with E-state index in [-0.39, 0.29) is 5.91 Å². The largest absolute Gasteiger partial charge is 0.497 e. The number of nitrogens with zero attached hydrogens (tertiary/aromatic N) is 1. The van der Waals surface area contributed by atoms with Crippen LogP contribution in [-0.2, 0) is 6.54 Å². The van der Waals surface area contributed by atoms with Gasteiger partial charge < -0.3 is 20.1 Å². The van der Waals surface area contributed by atoms with E-state index in [0.717, 1.165) is 0 Å². The highest BCUT2D eigenvalue weighted by Crippen LogP contribution is 2.29. The fraction of sp³-hybridized carbons (Fsp3) is 0.182. The first-order valence-corrected chi connectivity index (χ1v) is 8.88. The lowest BCUT2D eigenvalue weighted by Crippen LogP contribution is -2.13. The van der Waals surface area contributed by atoms with E-state index < -0.39 is 0 Å². The van der Waals surface area contributed by atoms with Crippen molar-refractivity contribution < 1.29 is 14.3 Å². The first-order chi connectivity index (χ1) is 13.6. The third kappa shape index (κ3) is 4.79. The number of methoxy groups -OCH3 is 2. The predicted octanol–water partition coefficient (Wildman–Crippen LogP) is 4.27. The normalized spacial score (nSPS) is 10.2. The van der Waals surface area contributed by atoms with Crippen LogP contribution in [0.5, 0.6) is 11.5 Å². The van der Waals surface area contributed by atoms with Crippen molar-refractivity contribution in [2.75, 3.05) is 24.9 Å². The van der Waals surface area contributed by atoms with E-state index in [1.54, 1.807) is 50.7 Å². The van der Waals surface area contributed by atoms with Gasteiger partial charge in [-0.3, -0.25) is 4.79 Å². The molecule has 3 aromatic rings. The van der Waals surface area contributed by atoms with Crippen molar-refractivity contribution >= 4 is 17.4 Å². The minimum Gasteiger partial charge on any atom is -0.497 e. The maximum Gasteiger partial charge on any atom is 0.257 e. The van der Waals surface area contributed by atoms with Crippen LogP contribution in [0.3, 0.4) is 0 Å². The smallest absolute Gasteiger partial charge is 0.257 e. The van der Waals surface area contributed by atoms with Crippen LogP contribution in [0.25, 0.3) is 0 Å². The number of ether oxygens (including phenoxy) is 2. The van der Waals surface area contributed by atoms with Gasteiger partial charge in [0.05, 0.1) is 25.5 Å². The Morgan fingerprint density at radius 3 is 2.57 bits per heavy atom. The van der Waals surface area contributed by atoms with Crippen LogP contribution in [0.15, 0.2) is 60.8 Å². The first-order valence-electron chi connectivity index (χ1n) is 8.88. The molecule has 0 unspecified atom stereocenters. The molecule has 6 nitrogen and oxygen atoms in total. The predicted molar refractivity (Wildman–Crippen MR) is 110 cm³/mol. The molecule has 0 aliphatic carbocycles. The summed E-state index contributed by atoms with van der Waals surface area (Å²) >= 11 is 0. The maximum absolute atomic E-state index is 12.5. The molecule has 1 aromatic heterocycles. The summed E-state index contributed by atoms with van der Waals surface area (Å²) in [6.45, 7) is 2.73. The highest BCUT2D eigenvalue weighted by atomic mass is 16.5. The molecular weight excluding hydrogens is 354 g/mol. The standard InChI is InChI=1S/C22H23N3O3/c1-15-5-4-6-16(11-15)13-23-21-10-7-17(14-24-21)22(26)25-19-12-18(27-2)8-9-20(19)28-3/h4-12,14H,13H2,1-3H3,(H,23,24)(H,25,26). The highest BCUT2D eigenvalue weighted by molar-refractivity contribution is 6.05. The van der Waals surface area contributed by atoms with Crippen molar-refractivity contribution in [1.29, 1.82) is 0 Å². The molecule has 6 heteroatoms. The molecule has 1 heterocycles. The Hall–Kier alpha value is -3.54. The number of hydrogen-bond acceptors (Lipinski definition) is 5. The lowest BCUT2D eigenvalue weighted by molar-refractivity contribution is 0.102. The third-order valence-electron chi connectivity index (χ3n) is 4.24. The molecule has 144 valence electrons. The number of benzene rings is 2. The number of nitrogens with one attached hydrogen (secondary N) is 2. The second-order valence-corrected chi connectivity index (χ2v) is 6.30. The number of amides is 1. The number of carbonyl (C=O) groups excluding carboxylic acids is 1. The van der Waals surface area contributed by atoms with Gasteiger partial charge in [-0.1, -0.05) is 29.8 Å². The van der Waals surface area contributed by atoms with Crippen LogP contribution >= 0.6 is 0 Å². The quantitative estimate of drug-likeness (QED) is 0.643. The van der Waals surface area contributed by atoms with Crippen molar-refractivity contribution in [1.82, 2.24) is 4.98 Å². The molecule has 0 fully saturated rings. The van der Waals surface area contributed by atoms with Crippen LogP contribution in [0.2, 0.25) is 0 Å². The Bertz CT molecular complexity index is 955. The minimum absolute atomic E-state index is 0.274. The number of aryl methyl sites for hydroxylation is 1. The second-order valence-electron chi connectivity index (χ2n) is 6.30. The number of hydrogen-bond donors (Lipinski definition) is 2. The van der Waals surface area contributed by atoms with Crippen LogP contribution in [0.1, 0.15) is 21.5 Å². The number of carbonyl (C=O) groups is 1. The molecular formula is C22H23N3O3. The molecule has 28 heavy (non-hydrogen) atoms. The average molecular weight is 377 g/mol. The van der Waals surface area contributed by atoms with Gasteiger partial charge in [0.2, 0.25) is 0 Å². The molecule has 1 amide bonds. The minimum atomic E-state index is -0.274. The fourth-order valence-electron chi connectivity index (χ4n) is 2.75. The lowest BCUT2D eigenvalue weighted by Gasteiger charge is -2.12. The van der Waals surface area contributed by atoms with E-state index in [1.165, 1.54) is 11.1 Å². The Labute approximate surface area is 164 Å². The average Bonchev–Trinajstić information content (AvgIpc) is 2.72. The topological polar surface area (TPSA) is 72.5 Å². The van der Waals surface area contributed by atoms with Crippen LogP contribution in [-0.4, -0.2) is 25.1 Å². The molecule has 0 aliphatic rings. The third-order valence-corrected chi connectivity index (χ3v) is 4.24. The second kappa shape index (κ2) is 8.90. The number of aromatic nitrogens is 1. The van der Waals surface area contributed by atoms with Gasteiger partial charge in [-0.05, 0) is 36.8 Å². The lowest BCUT2D eigenvalue weighted by atomic mass is 10.1. The van der Waals surface area contributed by atoms with Crippen molar-refractivity contribution in [3.05, 3.63) is 77.5 Å². The summed E-state index contributed by atoms with van der Waals surface area (Å²) in [5.74, 6) is 1.62. The van der Waals surface area contributed by atoms with E-state index in [2.05, 4.69) is 40.7 Å². The van der Waals surface area contributed by atoms with Gasteiger partial charge in [0.15, 0.2) is 0 Å². The van der Waals surface area contributed by atoms with Crippen LogP contribution < -0.4 is 20.1 Å². The van der Waals surface area contributed by atoms with Crippen molar-refractivity contribution in [3.8, 4) is 11.5 Å². The van der Waals surface area contributed by atoms with Gasteiger partial charge in [0, 0.05) is 18.8 Å². The summed E-state index contributed by atoms with van der Waals surface area (Å²) in [4.78, 5) is 16.9. The molecule has 2 N–H and O–H groups in total. The molecule has 0 radical (unpaired) electrons. The first kappa shape index (κ1) is 19.2. The number of rotatable bonds is 7. The van der Waals surface area contributed by atoms with E-state index in [9.17, 15) is 4.79 Å². The van der Waals surface area contributed by atoms with E-state index in [0.29, 0.717) is 35.1 Å². The van der Waals surface area contributed by atoms with E-state index in [4.69, 9.17) is 9.47 Å². The summed E-state index contributed by atoms with van der Waals surface area (Å²) in [6, 6.07) is 17.0. The maximum atomic E-state index is 12.5. The summed E-state index contributed by atoms with van der Waals surface area (Å²) in [7, 11) is 3.12. The fourth-order valence-corrected chi connectivity index (χ4v) is 2.75. The van der Waals surface area contributed by atoms with Crippen molar-refractivity contribution in [3.63, 3.8) is 0 Å². The van der Waals surface area contributed by atoms with Gasteiger partial charge in [-0.2, -0.15) is 0 Å². The van der Waals surface area contributed by atoms with Crippen molar-refractivity contribution in [2.45, 2.75) is 13.5 Å². The van der Waals surface area contributed by atoms with Crippen molar-refractivity contribution in [2.24, 2.45) is 0 Å². The van der Waals surface area contributed by atoms with Crippen LogP contribution in [0, 0.1) is 6.92 Å². The number of anilines is 2. The molecule has 2 aromatic carbocycles. The van der Waals surface area contributed by atoms with Gasteiger partial charge in [-0.25, -0.2) is 4.98 Å². The summed E-state index contributed by atoms with van der Waals surface area (Å²) in [6.07, 6.45) is 1.54. The summed E-state index contributed by atoms with van der Waals surface area (Å²) in [5, 5.41) is 6.09. The van der Waals surface area contributed by atoms with Crippen LogP contribution in [0.4, 0.5) is 11.5 Å². The zero-order valence-electron chi connectivity index (χ0n) is 16.2. The number of pyridine rings is 1. The Morgan fingerprint density at radius 1 is 1.04 bits per heavy atom.